The third-order valence-corrected chi connectivity index (χ3v) is 6.05. The third kappa shape index (κ3) is 5.19. The number of hydrogen-bond donors (Lipinski definition) is 1. The molecule has 1 aliphatic rings. The molecular formula is C14H19Cl3N2O3S. The van der Waals surface area contributed by atoms with Gasteiger partial charge < -0.3 is 4.74 Å². The summed E-state index contributed by atoms with van der Waals surface area (Å²) < 4.78 is 33.0. The first-order valence-electron chi connectivity index (χ1n) is 7.21. The molecule has 1 saturated heterocycles. The van der Waals surface area contributed by atoms with Gasteiger partial charge in [0.2, 0.25) is 10.0 Å². The average molecular weight is 402 g/mol. The molecular weight excluding hydrogens is 383 g/mol. The summed E-state index contributed by atoms with van der Waals surface area (Å²) in [6.45, 7) is 6.39. The third-order valence-electron chi connectivity index (χ3n) is 3.45. The highest BCUT2D eigenvalue weighted by Crippen LogP contribution is 2.32. The van der Waals surface area contributed by atoms with E-state index in [0.29, 0.717) is 6.54 Å². The predicted octanol–water partition coefficient (Wildman–Crippen LogP) is 3.03. The van der Waals surface area contributed by atoms with E-state index in [1.54, 1.807) is 0 Å². The molecule has 1 aromatic carbocycles. The zero-order valence-corrected chi connectivity index (χ0v) is 15.9. The number of ether oxygens (including phenoxy) is 1. The van der Waals surface area contributed by atoms with E-state index in [4.69, 9.17) is 39.5 Å². The molecule has 23 heavy (non-hydrogen) atoms. The Balaban J connectivity index is 2.00. The van der Waals surface area contributed by atoms with Gasteiger partial charge in [-0.05, 0) is 26.0 Å². The lowest BCUT2D eigenvalue weighted by molar-refractivity contribution is -0.0671. The topological polar surface area (TPSA) is 58.6 Å². The summed E-state index contributed by atoms with van der Waals surface area (Å²) in [6.07, 6.45) is 0.269. The van der Waals surface area contributed by atoms with Crippen LogP contribution in [0.1, 0.15) is 13.8 Å². The lowest BCUT2D eigenvalue weighted by Crippen LogP contribution is -2.47. The number of morpholine rings is 1. The number of benzene rings is 1. The molecule has 0 bridgehead atoms. The summed E-state index contributed by atoms with van der Waals surface area (Å²) in [5, 5.41) is 0.294. The van der Waals surface area contributed by atoms with Crippen molar-refractivity contribution in [3.8, 4) is 0 Å². The molecule has 2 rings (SSSR count). The van der Waals surface area contributed by atoms with Crippen LogP contribution in [0.3, 0.4) is 0 Å². The fourth-order valence-corrected chi connectivity index (χ4v) is 5.22. The quantitative estimate of drug-likeness (QED) is 0.824. The van der Waals surface area contributed by atoms with Gasteiger partial charge in [-0.3, -0.25) is 4.90 Å². The van der Waals surface area contributed by atoms with Crippen LogP contribution in [-0.4, -0.2) is 51.7 Å². The Hall–Kier alpha value is -0.0800. The first kappa shape index (κ1) is 19.2. The first-order chi connectivity index (χ1) is 10.7. The Labute approximate surface area is 151 Å². The van der Waals surface area contributed by atoms with Crippen LogP contribution in [0.25, 0.3) is 0 Å². The van der Waals surface area contributed by atoms with Gasteiger partial charge in [-0.25, -0.2) is 13.1 Å². The van der Waals surface area contributed by atoms with Crippen molar-refractivity contribution in [2.24, 2.45) is 0 Å². The van der Waals surface area contributed by atoms with Crippen LogP contribution in [-0.2, 0) is 14.8 Å². The summed E-state index contributed by atoms with van der Waals surface area (Å²) in [4.78, 5) is 2.01. The zero-order valence-electron chi connectivity index (χ0n) is 12.9. The van der Waals surface area contributed by atoms with Gasteiger partial charge in [-0.15, -0.1) is 0 Å². The Bertz CT molecular complexity index is 636. The van der Waals surface area contributed by atoms with E-state index in [1.165, 1.54) is 12.1 Å². The smallest absolute Gasteiger partial charge is 0.243 e. The summed E-state index contributed by atoms with van der Waals surface area (Å²) in [5.74, 6) is 0. The second-order valence-electron chi connectivity index (χ2n) is 5.61. The minimum absolute atomic E-state index is 0.00335. The highest BCUT2D eigenvalue weighted by Gasteiger charge is 2.24. The van der Waals surface area contributed by atoms with Gasteiger partial charge in [-0.2, -0.15) is 0 Å². The average Bonchev–Trinajstić information content (AvgIpc) is 2.35. The van der Waals surface area contributed by atoms with Crippen molar-refractivity contribution in [1.82, 2.24) is 9.62 Å². The Morgan fingerprint density at radius 1 is 1.17 bits per heavy atom. The van der Waals surface area contributed by atoms with E-state index in [9.17, 15) is 8.42 Å². The van der Waals surface area contributed by atoms with Crippen LogP contribution >= 0.6 is 34.8 Å². The van der Waals surface area contributed by atoms with Crippen LogP contribution in [0.15, 0.2) is 17.0 Å². The minimum atomic E-state index is -3.80. The Morgan fingerprint density at radius 2 is 1.70 bits per heavy atom. The van der Waals surface area contributed by atoms with E-state index in [1.807, 2.05) is 13.8 Å². The molecule has 0 aliphatic carbocycles. The van der Waals surface area contributed by atoms with E-state index in [-0.39, 0.29) is 38.7 Å². The van der Waals surface area contributed by atoms with Crippen molar-refractivity contribution in [2.75, 3.05) is 26.2 Å². The second kappa shape index (κ2) is 7.87. The summed E-state index contributed by atoms with van der Waals surface area (Å²) in [6, 6.07) is 2.71. The lowest BCUT2D eigenvalue weighted by Gasteiger charge is -2.35. The van der Waals surface area contributed by atoms with Gasteiger partial charge in [0, 0.05) is 31.2 Å². The monoisotopic (exact) mass is 400 g/mol. The number of nitrogens with zero attached hydrogens (tertiary/aromatic N) is 1. The van der Waals surface area contributed by atoms with Gasteiger partial charge >= 0.3 is 0 Å². The minimum Gasteiger partial charge on any atom is -0.373 e. The highest BCUT2D eigenvalue weighted by molar-refractivity contribution is 7.89. The van der Waals surface area contributed by atoms with Crippen molar-refractivity contribution in [1.29, 1.82) is 0 Å². The van der Waals surface area contributed by atoms with Crippen molar-refractivity contribution < 1.29 is 13.2 Å². The van der Waals surface area contributed by atoms with E-state index in [2.05, 4.69) is 9.62 Å². The van der Waals surface area contributed by atoms with Crippen molar-refractivity contribution >= 4 is 44.8 Å². The number of nitrogens with one attached hydrogen (secondary N) is 1. The molecule has 0 amide bonds. The molecule has 1 aromatic rings. The molecule has 0 saturated carbocycles. The van der Waals surface area contributed by atoms with E-state index < -0.39 is 10.0 Å². The van der Waals surface area contributed by atoms with Crippen molar-refractivity contribution in [3.05, 3.63) is 27.2 Å². The van der Waals surface area contributed by atoms with Crippen LogP contribution in [0, 0.1) is 0 Å². The van der Waals surface area contributed by atoms with Crippen LogP contribution in [0.2, 0.25) is 15.1 Å². The van der Waals surface area contributed by atoms with Crippen molar-refractivity contribution in [3.63, 3.8) is 0 Å². The number of halogens is 3. The number of sulfonamides is 1. The Morgan fingerprint density at radius 3 is 2.22 bits per heavy atom. The standard InChI is InChI=1S/C14H19Cl3N2O3S/c1-9-7-19(8-10(2)22-9)4-3-18-23(20,21)14-12(16)5-11(15)6-13(14)17/h5-6,9-10,18H,3-4,7-8H2,1-2H3. The summed E-state index contributed by atoms with van der Waals surface area (Å²) >= 11 is 17.7. The molecule has 2 atom stereocenters. The van der Waals surface area contributed by atoms with E-state index >= 15 is 0 Å². The van der Waals surface area contributed by atoms with Crippen LogP contribution in [0.5, 0.6) is 0 Å². The first-order valence-corrected chi connectivity index (χ1v) is 9.83. The molecule has 1 aliphatic heterocycles. The molecule has 1 heterocycles. The maximum atomic E-state index is 12.4. The molecule has 130 valence electrons. The molecule has 9 heteroatoms. The van der Waals surface area contributed by atoms with Gasteiger partial charge in [-0.1, -0.05) is 34.8 Å². The molecule has 0 radical (unpaired) electrons. The fraction of sp³-hybridized carbons (Fsp3) is 0.571. The predicted molar refractivity (Wildman–Crippen MR) is 93.1 cm³/mol. The largest absolute Gasteiger partial charge is 0.373 e. The summed E-state index contributed by atoms with van der Waals surface area (Å²) in [7, 11) is -3.80. The van der Waals surface area contributed by atoms with Crippen LogP contribution < -0.4 is 4.72 Å². The fourth-order valence-electron chi connectivity index (χ4n) is 2.66. The lowest BCUT2D eigenvalue weighted by atomic mass is 10.2. The SMILES string of the molecule is CC1CN(CCNS(=O)(=O)c2c(Cl)cc(Cl)cc2Cl)CC(C)O1. The molecule has 0 aromatic heterocycles. The molecule has 0 spiro atoms. The Kier molecular flexibility index (Phi) is 6.58. The second-order valence-corrected chi connectivity index (χ2v) is 8.57. The molecule has 2 unspecified atom stereocenters. The highest BCUT2D eigenvalue weighted by atomic mass is 35.5. The normalized spacial score (nSPS) is 23.2. The molecule has 1 fully saturated rings. The van der Waals surface area contributed by atoms with Crippen LogP contribution in [0.4, 0.5) is 0 Å². The van der Waals surface area contributed by atoms with Gasteiger partial charge in [0.05, 0.1) is 22.3 Å². The van der Waals surface area contributed by atoms with Gasteiger partial charge in [0.15, 0.2) is 0 Å². The summed E-state index contributed by atoms with van der Waals surface area (Å²) in [5.41, 5.74) is 0. The van der Waals surface area contributed by atoms with E-state index in [0.717, 1.165) is 13.1 Å². The van der Waals surface area contributed by atoms with Gasteiger partial charge in [0.1, 0.15) is 4.90 Å². The zero-order chi connectivity index (χ0) is 17.2. The maximum absolute atomic E-state index is 12.4. The number of rotatable bonds is 5. The van der Waals surface area contributed by atoms with Gasteiger partial charge in [0.25, 0.3) is 0 Å². The number of hydrogen-bond acceptors (Lipinski definition) is 4. The molecule has 5 nitrogen and oxygen atoms in total. The molecule has 1 N–H and O–H groups in total. The maximum Gasteiger partial charge on any atom is 0.243 e. The van der Waals surface area contributed by atoms with Crippen molar-refractivity contribution in [2.45, 2.75) is 31.0 Å².